The van der Waals surface area contributed by atoms with Crippen molar-refractivity contribution in [1.82, 2.24) is 15.1 Å². The van der Waals surface area contributed by atoms with Gasteiger partial charge in [-0.3, -0.25) is 9.69 Å². The fourth-order valence-electron chi connectivity index (χ4n) is 1.63. The van der Waals surface area contributed by atoms with Gasteiger partial charge in [0.25, 0.3) is 0 Å². The van der Waals surface area contributed by atoms with E-state index in [2.05, 4.69) is 24.1 Å². The molecular weight excluding hydrogens is 178 g/mol. The van der Waals surface area contributed by atoms with Crippen LogP contribution < -0.4 is 5.32 Å². The number of hydrogen-bond acceptors (Lipinski definition) is 3. The van der Waals surface area contributed by atoms with E-state index in [1.54, 1.807) is 7.05 Å². The highest BCUT2D eigenvalue weighted by molar-refractivity contribution is 5.78. The maximum atomic E-state index is 11.5. The van der Waals surface area contributed by atoms with Gasteiger partial charge in [0.2, 0.25) is 5.91 Å². The maximum absolute atomic E-state index is 11.5. The molecular formula is C10H21N3O. The normalized spacial score (nSPS) is 18.4. The second-order valence-corrected chi connectivity index (χ2v) is 4.24. The van der Waals surface area contributed by atoms with Crippen LogP contribution in [0, 0.1) is 0 Å². The summed E-state index contributed by atoms with van der Waals surface area (Å²) in [6, 6.07) is 1.01. The van der Waals surface area contributed by atoms with Crippen LogP contribution in [0.25, 0.3) is 0 Å². The molecule has 0 radical (unpaired) electrons. The summed E-state index contributed by atoms with van der Waals surface area (Å²) in [7, 11) is 3.69. The molecule has 1 fully saturated rings. The third kappa shape index (κ3) is 2.45. The predicted octanol–water partition coefficient (Wildman–Crippen LogP) is -0.243. The molecule has 1 aliphatic rings. The molecule has 0 aromatic heterocycles. The minimum absolute atomic E-state index is 0.181. The zero-order valence-electron chi connectivity index (χ0n) is 9.58. The Morgan fingerprint density at radius 3 is 2.57 bits per heavy atom. The van der Waals surface area contributed by atoms with Crippen molar-refractivity contribution in [3.05, 3.63) is 0 Å². The van der Waals surface area contributed by atoms with Gasteiger partial charge < -0.3 is 10.2 Å². The van der Waals surface area contributed by atoms with Crippen molar-refractivity contribution in [3.8, 4) is 0 Å². The van der Waals surface area contributed by atoms with Gasteiger partial charge in [-0.15, -0.1) is 0 Å². The molecule has 14 heavy (non-hydrogen) atoms. The van der Waals surface area contributed by atoms with Crippen LogP contribution in [-0.2, 0) is 4.79 Å². The number of likely N-dealkylation sites (tertiary alicyclic amines) is 1. The van der Waals surface area contributed by atoms with Crippen molar-refractivity contribution >= 4 is 5.91 Å². The molecule has 0 aromatic carbocycles. The van der Waals surface area contributed by atoms with E-state index in [1.165, 1.54) is 0 Å². The Hall–Kier alpha value is -0.610. The molecule has 0 atom stereocenters. The first-order chi connectivity index (χ1) is 6.56. The van der Waals surface area contributed by atoms with Gasteiger partial charge in [-0.2, -0.15) is 0 Å². The standard InChI is InChI=1S/C10H21N3O/c1-8(2)13-6-9(7-13)12(4)10(14)5-11-3/h8-9,11H,5-7H2,1-4H3. The van der Waals surface area contributed by atoms with Gasteiger partial charge in [0, 0.05) is 26.2 Å². The predicted molar refractivity (Wildman–Crippen MR) is 57.2 cm³/mol. The Balaban J connectivity index is 2.28. The fourth-order valence-corrected chi connectivity index (χ4v) is 1.63. The Kier molecular flexibility index (Phi) is 3.89. The van der Waals surface area contributed by atoms with Crippen LogP contribution in [0.5, 0.6) is 0 Å². The minimum Gasteiger partial charge on any atom is -0.339 e. The molecule has 1 aliphatic heterocycles. The van der Waals surface area contributed by atoms with Gasteiger partial charge in [-0.05, 0) is 20.9 Å². The van der Waals surface area contributed by atoms with Crippen LogP contribution in [0.2, 0.25) is 0 Å². The first-order valence-electron chi connectivity index (χ1n) is 5.20. The summed E-state index contributed by atoms with van der Waals surface area (Å²) in [4.78, 5) is 15.7. The number of nitrogens with zero attached hydrogens (tertiary/aromatic N) is 2. The van der Waals surface area contributed by atoms with Gasteiger partial charge in [0.1, 0.15) is 0 Å². The summed E-state index contributed by atoms with van der Waals surface area (Å²) in [6.07, 6.45) is 0. The lowest BCUT2D eigenvalue weighted by Crippen LogP contribution is -2.62. The molecule has 1 amide bonds. The molecule has 0 spiro atoms. The van der Waals surface area contributed by atoms with E-state index in [0.29, 0.717) is 18.6 Å². The lowest BCUT2D eigenvalue weighted by atomic mass is 10.1. The third-order valence-corrected chi connectivity index (χ3v) is 2.89. The van der Waals surface area contributed by atoms with Gasteiger partial charge in [0.05, 0.1) is 12.6 Å². The number of nitrogens with one attached hydrogen (secondary N) is 1. The molecule has 0 bridgehead atoms. The molecule has 4 heteroatoms. The van der Waals surface area contributed by atoms with Crippen LogP contribution in [0.1, 0.15) is 13.8 Å². The second kappa shape index (κ2) is 4.75. The van der Waals surface area contributed by atoms with E-state index in [4.69, 9.17) is 0 Å². The summed E-state index contributed by atoms with van der Waals surface area (Å²) in [5, 5.41) is 2.88. The smallest absolute Gasteiger partial charge is 0.236 e. The summed E-state index contributed by atoms with van der Waals surface area (Å²) in [5.74, 6) is 0.181. The first-order valence-corrected chi connectivity index (χ1v) is 5.20. The summed E-state index contributed by atoms with van der Waals surface area (Å²) in [5.41, 5.74) is 0. The van der Waals surface area contributed by atoms with Crippen LogP contribution in [0.4, 0.5) is 0 Å². The topological polar surface area (TPSA) is 35.6 Å². The Morgan fingerprint density at radius 2 is 2.14 bits per heavy atom. The summed E-state index contributed by atoms with van der Waals surface area (Å²) < 4.78 is 0. The van der Waals surface area contributed by atoms with E-state index < -0.39 is 0 Å². The van der Waals surface area contributed by atoms with Crippen LogP contribution in [0.3, 0.4) is 0 Å². The minimum atomic E-state index is 0.181. The van der Waals surface area contributed by atoms with Gasteiger partial charge in [-0.25, -0.2) is 0 Å². The molecule has 82 valence electrons. The fraction of sp³-hybridized carbons (Fsp3) is 0.900. The highest BCUT2D eigenvalue weighted by atomic mass is 16.2. The monoisotopic (exact) mass is 199 g/mol. The molecule has 4 nitrogen and oxygen atoms in total. The van der Waals surface area contributed by atoms with Crippen molar-refractivity contribution < 1.29 is 4.79 Å². The molecule has 0 saturated carbocycles. The van der Waals surface area contributed by atoms with Gasteiger partial charge in [-0.1, -0.05) is 0 Å². The number of rotatable bonds is 4. The Labute approximate surface area is 86.2 Å². The van der Waals surface area contributed by atoms with E-state index in [9.17, 15) is 4.79 Å². The molecule has 0 unspecified atom stereocenters. The molecule has 1 N–H and O–H groups in total. The zero-order valence-corrected chi connectivity index (χ0v) is 9.58. The first kappa shape index (κ1) is 11.5. The van der Waals surface area contributed by atoms with E-state index in [1.807, 2.05) is 11.9 Å². The van der Waals surface area contributed by atoms with Crippen molar-refractivity contribution in [2.45, 2.75) is 25.9 Å². The highest BCUT2D eigenvalue weighted by Crippen LogP contribution is 2.16. The lowest BCUT2D eigenvalue weighted by Gasteiger charge is -2.46. The van der Waals surface area contributed by atoms with E-state index >= 15 is 0 Å². The molecule has 1 heterocycles. The average molecular weight is 199 g/mol. The zero-order chi connectivity index (χ0) is 10.7. The van der Waals surface area contributed by atoms with E-state index in [-0.39, 0.29) is 5.91 Å². The lowest BCUT2D eigenvalue weighted by molar-refractivity contribution is -0.134. The molecule has 1 saturated heterocycles. The Morgan fingerprint density at radius 1 is 1.57 bits per heavy atom. The number of hydrogen-bond donors (Lipinski definition) is 1. The summed E-state index contributed by atoms with van der Waals surface area (Å²) >= 11 is 0. The summed E-state index contributed by atoms with van der Waals surface area (Å²) in [6.45, 7) is 6.85. The van der Waals surface area contributed by atoms with Crippen molar-refractivity contribution in [1.29, 1.82) is 0 Å². The largest absolute Gasteiger partial charge is 0.339 e. The van der Waals surface area contributed by atoms with Crippen LogP contribution in [-0.4, -0.2) is 61.5 Å². The van der Waals surface area contributed by atoms with Crippen molar-refractivity contribution in [2.24, 2.45) is 0 Å². The highest BCUT2D eigenvalue weighted by Gasteiger charge is 2.32. The second-order valence-electron chi connectivity index (χ2n) is 4.24. The van der Waals surface area contributed by atoms with Crippen molar-refractivity contribution in [2.75, 3.05) is 33.7 Å². The Bertz CT molecular complexity index is 200. The average Bonchev–Trinajstić information content (AvgIpc) is 2.00. The van der Waals surface area contributed by atoms with Gasteiger partial charge >= 0.3 is 0 Å². The quantitative estimate of drug-likeness (QED) is 0.678. The SMILES string of the molecule is CNCC(=O)N(C)C1CN(C(C)C)C1. The van der Waals surface area contributed by atoms with Gasteiger partial charge in [0.15, 0.2) is 0 Å². The number of carbonyl (C=O) groups is 1. The van der Waals surface area contributed by atoms with E-state index in [0.717, 1.165) is 13.1 Å². The molecule has 1 rings (SSSR count). The van der Waals surface area contributed by atoms with Crippen LogP contribution in [0.15, 0.2) is 0 Å². The number of carbonyl (C=O) groups excluding carboxylic acids is 1. The molecule has 0 aromatic rings. The third-order valence-electron chi connectivity index (χ3n) is 2.89. The number of amides is 1. The van der Waals surface area contributed by atoms with Crippen LogP contribution >= 0.6 is 0 Å². The molecule has 0 aliphatic carbocycles. The van der Waals surface area contributed by atoms with Crippen molar-refractivity contribution in [3.63, 3.8) is 0 Å². The maximum Gasteiger partial charge on any atom is 0.236 e. The number of likely N-dealkylation sites (N-methyl/N-ethyl adjacent to an activating group) is 2.